The predicted octanol–water partition coefficient (Wildman–Crippen LogP) is 3.67. The van der Waals surface area contributed by atoms with Crippen molar-refractivity contribution in [2.45, 2.75) is 58.4 Å². The van der Waals surface area contributed by atoms with Crippen molar-refractivity contribution in [3.05, 3.63) is 18.2 Å². The Hall–Kier alpha value is -0.830. The maximum Gasteiger partial charge on any atom is 0.123 e. The Labute approximate surface area is 111 Å². The normalized spacial score (nSPS) is 26.1. The van der Waals surface area contributed by atoms with E-state index in [9.17, 15) is 0 Å². The minimum Gasteiger partial charge on any atom is -0.347 e. The van der Waals surface area contributed by atoms with Crippen molar-refractivity contribution in [2.24, 2.45) is 11.8 Å². The van der Waals surface area contributed by atoms with Gasteiger partial charge in [-0.05, 0) is 31.2 Å². The van der Waals surface area contributed by atoms with E-state index < -0.39 is 0 Å². The molecule has 1 fully saturated rings. The minimum absolute atomic E-state index is 0.421. The lowest BCUT2D eigenvalue weighted by Crippen LogP contribution is -2.35. The van der Waals surface area contributed by atoms with Crippen LogP contribution in [0.1, 0.15) is 64.2 Å². The zero-order chi connectivity index (χ0) is 12.8. The Balaban J connectivity index is 2.11. The van der Waals surface area contributed by atoms with E-state index >= 15 is 0 Å². The van der Waals surface area contributed by atoms with Crippen molar-refractivity contribution in [2.75, 3.05) is 6.54 Å². The third-order valence-electron chi connectivity index (χ3n) is 4.35. The smallest absolute Gasteiger partial charge is 0.123 e. The average molecular weight is 249 g/mol. The molecule has 1 saturated carbocycles. The number of aromatic nitrogens is 2. The second kappa shape index (κ2) is 6.93. The van der Waals surface area contributed by atoms with Crippen LogP contribution in [0.4, 0.5) is 0 Å². The van der Waals surface area contributed by atoms with Gasteiger partial charge in [0.1, 0.15) is 5.82 Å². The predicted molar refractivity (Wildman–Crippen MR) is 75.4 cm³/mol. The van der Waals surface area contributed by atoms with Gasteiger partial charge < -0.3 is 10.3 Å². The van der Waals surface area contributed by atoms with Gasteiger partial charge in [-0.2, -0.15) is 0 Å². The molecule has 1 aromatic heterocycles. The molecule has 0 spiro atoms. The molecule has 102 valence electrons. The van der Waals surface area contributed by atoms with Crippen LogP contribution in [0.5, 0.6) is 0 Å². The first-order chi connectivity index (χ1) is 8.86. The molecule has 3 unspecified atom stereocenters. The van der Waals surface area contributed by atoms with Crippen LogP contribution in [0.25, 0.3) is 0 Å². The zero-order valence-electron chi connectivity index (χ0n) is 11.8. The summed E-state index contributed by atoms with van der Waals surface area (Å²) in [6.45, 7) is 5.64. The number of aromatic amines is 1. The van der Waals surface area contributed by atoms with E-state index in [4.69, 9.17) is 0 Å². The molecule has 0 saturated heterocycles. The molecule has 0 aromatic carbocycles. The van der Waals surface area contributed by atoms with E-state index in [2.05, 4.69) is 29.1 Å². The molecule has 1 aliphatic rings. The van der Waals surface area contributed by atoms with Gasteiger partial charge in [-0.15, -0.1) is 0 Å². The van der Waals surface area contributed by atoms with E-state index in [1.54, 1.807) is 0 Å². The van der Waals surface area contributed by atoms with Gasteiger partial charge in [0.05, 0.1) is 6.04 Å². The van der Waals surface area contributed by atoms with Crippen molar-refractivity contribution >= 4 is 0 Å². The number of nitrogens with one attached hydrogen (secondary N) is 2. The quantitative estimate of drug-likeness (QED) is 0.807. The van der Waals surface area contributed by atoms with Crippen LogP contribution in [0.2, 0.25) is 0 Å². The van der Waals surface area contributed by atoms with Crippen molar-refractivity contribution < 1.29 is 0 Å². The van der Waals surface area contributed by atoms with Crippen LogP contribution in [0.15, 0.2) is 12.4 Å². The van der Waals surface area contributed by atoms with Gasteiger partial charge in [-0.1, -0.05) is 39.5 Å². The van der Waals surface area contributed by atoms with Crippen molar-refractivity contribution in [1.29, 1.82) is 0 Å². The van der Waals surface area contributed by atoms with Gasteiger partial charge in [0.15, 0.2) is 0 Å². The summed E-state index contributed by atoms with van der Waals surface area (Å²) in [5.74, 6) is 2.74. The summed E-state index contributed by atoms with van der Waals surface area (Å²) < 4.78 is 0. The lowest BCUT2D eigenvalue weighted by Gasteiger charge is -2.36. The lowest BCUT2D eigenvalue weighted by atomic mass is 9.73. The number of hydrogen-bond acceptors (Lipinski definition) is 2. The van der Waals surface area contributed by atoms with E-state index in [0.29, 0.717) is 6.04 Å². The third-order valence-corrected chi connectivity index (χ3v) is 4.35. The molecule has 1 aliphatic carbocycles. The first-order valence-corrected chi connectivity index (χ1v) is 7.59. The topological polar surface area (TPSA) is 40.7 Å². The standard InChI is InChI=1S/C15H27N3/c1-3-9-16-14(15-17-10-11-18-15)13-8-6-5-7-12(13)4-2/h10-14,16H,3-9H2,1-2H3,(H,17,18). The molecule has 0 bridgehead atoms. The van der Waals surface area contributed by atoms with Crippen LogP contribution in [0.3, 0.4) is 0 Å². The summed E-state index contributed by atoms with van der Waals surface area (Å²) in [4.78, 5) is 7.81. The fraction of sp³-hybridized carbons (Fsp3) is 0.800. The molecule has 2 N–H and O–H groups in total. The van der Waals surface area contributed by atoms with Crippen LogP contribution >= 0.6 is 0 Å². The third kappa shape index (κ3) is 3.14. The molecule has 0 radical (unpaired) electrons. The van der Waals surface area contributed by atoms with Gasteiger partial charge in [-0.25, -0.2) is 4.98 Å². The summed E-state index contributed by atoms with van der Waals surface area (Å²) in [6, 6.07) is 0.421. The second-order valence-corrected chi connectivity index (χ2v) is 5.52. The highest BCUT2D eigenvalue weighted by Gasteiger charge is 2.32. The average Bonchev–Trinajstić information content (AvgIpc) is 2.94. The molecule has 3 atom stereocenters. The molecule has 0 amide bonds. The molecule has 18 heavy (non-hydrogen) atoms. The molecular weight excluding hydrogens is 222 g/mol. The number of H-pyrrole nitrogens is 1. The van der Waals surface area contributed by atoms with E-state index in [0.717, 1.165) is 24.2 Å². The summed E-state index contributed by atoms with van der Waals surface area (Å²) in [5.41, 5.74) is 0. The van der Waals surface area contributed by atoms with Gasteiger partial charge in [-0.3, -0.25) is 0 Å². The Morgan fingerprint density at radius 3 is 2.89 bits per heavy atom. The first kappa shape index (κ1) is 13.6. The maximum atomic E-state index is 4.50. The lowest BCUT2D eigenvalue weighted by molar-refractivity contribution is 0.171. The van der Waals surface area contributed by atoms with E-state index in [-0.39, 0.29) is 0 Å². The second-order valence-electron chi connectivity index (χ2n) is 5.52. The Morgan fingerprint density at radius 2 is 2.22 bits per heavy atom. The highest BCUT2D eigenvalue weighted by Crippen LogP contribution is 2.39. The molecule has 3 nitrogen and oxygen atoms in total. The van der Waals surface area contributed by atoms with Gasteiger partial charge in [0.2, 0.25) is 0 Å². The monoisotopic (exact) mass is 249 g/mol. The molecule has 1 heterocycles. The molecule has 1 aromatic rings. The Morgan fingerprint density at radius 1 is 1.39 bits per heavy atom. The Bertz CT molecular complexity index is 320. The molecule has 0 aliphatic heterocycles. The van der Waals surface area contributed by atoms with Crippen LogP contribution in [-0.4, -0.2) is 16.5 Å². The SMILES string of the molecule is CCCNC(c1ncc[nH]1)C1CCCCC1CC. The number of hydrogen-bond donors (Lipinski definition) is 2. The number of rotatable bonds is 6. The maximum absolute atomic E-state index is 4.50. The zero-order valence-corrected chi connectivity index (χ0v) is 11.8. The summed E-state index contributed by atoms with van der Waals surface area (Å²) >= 11 is 0. The van der Waals surface area contributed by atoms with Crippen molar-refractivity contribution in [3.63, 3.8) is 0 Å². The van der Waals surface area contributed by atoms with Gasteiger partial charge in [0.25, 0.3) is 0 Å². The summed E-state index contributed by atoms with van der Waals surface area (Å²) in [5, 5.41) is 3.71. The van der Waals surface area contributed by atoms with Gasteiger partial charge in [0, 0.05) is 12.4 Å². The first-order valence-electron chi connectivity index (χ1n) is 7.59. The van der Waals surface area contributed by atoms with Crippen LogP contribution < -0.4 is 5.32 Å². The highest BCUT2D eigenvalue weighted by molar-refractivity contribution is 5.00. The largest absolute Gasteiger partial charge is 0.347 e. The van der Waals surface area contributed by atoms with E-state index in [1.165, 1.54) is 38.5 Å². The van der Waals surface area contributed by atoms with Crippen molar-refractivity contribution in [1.82, 2.24) is 15.3 Å². The van der Waals surface area contributed by atoms with Crippen LogP contribution in [0, 0.1) is 11.8 Å². The fourth-order valence-electron chi connectivity index (χ4n) is 3.38. The molecular formula is C15H27N3. The number of imidazole rings is 1. The van der Waals surface area contributed by atoms with Crippen LogP contribution in [-0.2, 0) is 0 Å². The number of nitrogens with zero attached hydrogens (tertiary/aromatic N) is 1. The van der Waals surface area contributed by atoms with Crippen molar-refractivity contribution in [3.8, 4) is 0 Å². The van der Waals surface area contributed by atoms with Gasteiger partial charge >= 0.3 is 0 Å². The van der Waals surface area contributed by atoms with E-state index in [1.807, 2.05) is 12.4 Å². The highest BCUT2D eigenvalue weighted by atomic mass is 15.0. The minimum atomic E-state index is 0.421. The summed E-state index contributed by atoms with van der Waals surface area (Å²) in [7, 11) is 0. The Kier molecular flexibility index (Phi) is 5.24. The molecule has 3 heteroatoms. The fourth-order valence-corrected chi connectivity index (χ4v) is 3.38. The molecule has 2 rings (SSSR count). The summed E-state index contributed by atoms with van der Waals surface area (Å²) in [6.07, 6.45) is 11.8.